The van der Waals surface area contributed by atoms with Crippen molar-refractivity contribution in [1.29, 1.82) is 5.26 Å². The zero-order chi connectivity index (χ0) is 16.8. The molecule has 1 atom stereocenters. The number of carbonyl (C=O) groups is 1. The van der Waals surface area contributed by atoms with Crippen molar-refractivity contribution < 1.29 is 4.79 Å². The molecule has 3 aromatic rings. The number of fused-ring (bicyclic) bond motifs is 1. The summed E-state index contributed by atoms with van der Waals surface area (Å²) in [4.78, 5) is 15.5. The first kappa shape index (κ1) is 15.8. The molecule has 4 heteroatoms. The third-order valence-electron chi connectivity index (χ3n) is 4.13. The molecule has 2 aromatic carbocycles. The van der Waals surface area contributed by atoms with Gasteiger partial charge in [-0.15, -0.1) is 0 Å². The number of nitrogens with zero attached hydrogens (tertiary/aromatic N) is 1. The van der Waals surface area contributed by atoms with Gasteiger partial charge in [0, 0.05) is 23.6 Å². The first-order chi connectivity index (χ1) is 11.8. The van der Waals surface area contributed by atoms with E-state index in [9.17, 15) is 10.1 Å². The summed E-state index contributed by atoms with van der Waals surface area (Å²) >= 11 is 0. The summed E-state index contributed by atoms with van der Waals surface area (Å²) in [6.07, 6.45) is 3.06. The Morgan fingerprint density at radius 2 is 1.88 bits per heavy atom. The zero-order valence-corrected chi connectivity index (χ0v) is 13.3. The van der Waals surface area contributed by atoms with E-state index in [0.717, 1.165) is 22.9 Å². The van der Waals surface area contributed by atoms with E-state index < -0.39 is 5.92 Å². The third kappa shape index (κ3) is 3.64. The minimum absolute atomic E-state index is 0.210. The van der Waals surface area contributed by atoms with E-state index in [-0.39, 0.29) is 5.91 Å². The summed E-state index contributed by atoms with van der Waals surface area (Å²) in [5.74, 6) is -0.890. The number of hydrogen-bond donors (Lipinski definition) is 2. The van der Waals surface area contributed by atoms with Gasteiger partial charge in [-0.3, -0.25) is 4.79 Å². The van der Waals surface area contributed by atoms with E-state index in [1.165, 1.54) is 5.56 Å². The number of nitrogens with one attached hydrogen (secondary N) is 2. The average Bonchev–Trinajstić information content (AvgIpc) is 3.03. The number of carbonyl (C=O) groups excluding carboxylic acids is 1. The van der Waals surface area contributed by atoms with Crippen molar-refractivity contribution >= 4 is 16.8 Å². The summed E-state index contributed by atoms with van der Waals surface area (Å²) < 4.78 is 0. The van der Waals surface area contributed by atoms with E-state index in [2.05, 4.69) is 16.4 Å². The van der Waals surface area contributed by atoms with Crippen LogP contribution in [0.1, 0.15) is 11.1 Å². The minimum Gasteiger partial charge on any atom is -0.361 e. The Balaban J connectivity index is 1.59. The van der Waals surface area contributed by atoms with E-state index in [1.54, 1.807) is 0 Å². The maximum atomic E-state index is 12.3. The molecule has 0 unspecified atom stereocenters. The highest BCUT2D eigenvalue weighted by Gasteiger charge is 2.19. The molecule has 1 heterocycles. The summed E-state index contributed by atoms with van der Waals surface area (Å²) in [6.45, 7) is 0.537. The van der Waals surface area contributed by atoms with Crippen molar-refractivity contribution in [3.05, 3.63) is 71.9 Å². The normalized spacial score (nSPS) is 11.8. The van der Waals surface area contributed by atoms with E-state index in [1.807, 2.05) is 60.8 Å². The Morgan fingerprint density at radius 1 is 1.12 bits per heavy atom. The van der Waals surface area contributed by atoms with Gasteiger partial charge in [0.05, 0.1) is 6.07 Å². The average molecular weight is 317 g/mol. The van der Waals surface area contributed by atoms with Gasteiger partial charge in [-0.1, -0.05) is 48.5 Å². The summed E-state index contributed by atoms with van der Waals surface area (Å²) in [6, 6.07) is 20.0. The summed E-state index contributed by atoms with van der Waals surface area (Å²) in [5.41, 5.74) is 3.19. The maximum absolute atomic E-state index is 12.3. The minimum atomic E-state index is -0.681. The lowest BCUT2D eigenvalue weighted by Crippen LogP contribution is -2.32. The van der Waals surface area contributed by atoms with E-state index in [0.29, 0.717) is 13.0 Å². The van der Waals surface area contributed by atoms with Crippen molar-refractivity contribution in [2.24, 2.45) is 5.92 Å². The standard InChI is InChI=1S/C20H19N3O/c21-13-16(12-17-14-23-19-9-5-4-8-18(17)19)20(24)22-11-10-15-6-2-1-3-7-15/h1-9,14,16,23H,10-12H2,(H,22,24)/t16-/m0/s1. The first-order valence-electron chi connectivity index (χ1n) is 8.04. The lowest BCUT2D eigenvalue weighted by Gasteiger charge is -2.10. The van der Waals surface area contributed by atoms with Crippen molar-refractivity contribution in [2.75, 3.05) is 6.54 Å². The molecule has 120 valence electrons. The van der Waals surface area contributed by atoms with Crippen LogP contribution in [0, 0.1) is 17.2 Å². The predicted octanol–water partition coefficient (Wildman–Crippen LogP) is 3.21. The Hall–Kier alpha value is -3.06. The van der Waals surface area contributed by atoms with Crippen LogP contribution < -0.4 is 5.32 Å². The van der Waals surface area contributed by atoms with Crippen LogP contribution in [-0.4, -0.2) is 17.4 Å². The van der Waals surface area contributed by atoms with Crippen LogP contribution in [0.25, 0.3) is 10.9 Å². The van der Waals surface area contributed by atoms with Crippen LogP contribution in [0.3, 0.4) is 0 Å². The monoisotopic (exact) mass is 317 g/mol. The van der Waals surface area contributed by atoms with Crippen molar-refractivity contribution in [2.45, 2.75) is 12.8 Å². The number of rotatable bonds is 6. The molecule has 0 radical (unpaired) electrons. The highest BCUT2D eigenvalue weighted by Crippen LogP contribution is 2.20. The lowest BCUT2D eigenvalue weighted by atomic mass is 9.99. The number of hydrogen-bond acceptors (Lipinski definition) is 2. The fraction of sp³-hybridized carbons (Fsp3) is 0.200. The van der Waals surface area contributed by atoms with Gasteiger partial charge in [-0.25, -0.2) is 0 Å². The highest BCUT2D eigenvalue weighted by molar-refractivity contribution is 5.85. The van der Waals surface area contributed by atoms with Gasteiger partial charge in [-0.05, 0) is 30.0 Å². The number of amides is 1. The molecule has 0 fully saturated rings. The second-order valence-electron chi connectivity index (χ2n) is 5.77. The second kappa shape index (κ2) is 7.47. The Labute approximate surface area is 141 Å². The molecule has 0 bridgehead atoms. The van der Waals surface area contributed by atoms with Crippen molar-refractivity contribution in [3.8, 4) is 6.07 Å². The van der Waals surface area contributed by atoms with Crippen LogP contribution in [0.4, 0.5) is 0 Å². The molecule has 0 saturated heterocycles. The molecule has 0 spiro atoms. The van der Waals surface area contributed by atoms with E-state index in [4.69, 9.17) is 0 Å². The Kier molecular flexibility index (Phi) is 4.93. The molecular weight excluding hydrogens is 298 g/mol. The number of aromatic nitrogens is 1. The van der Waals surface area contributed by atoms with Gasteiger partial charge >= 0.3 is 0 Å². The van der Waals surface area contributed by atoms with E-state index >= 15 is 0 Å². The van der Waals surface area contributed by atoms with Crippen LogP contribution >= 0.6 is 0 Å². The number of H-pyrrole nitrogens is 1. The lowest BCUT2D eigenvalue weighted by molar-refractivity contribution is -0.123. The van der Waals surface area contributed by atoms with Crippen LogP contribution in [0.15, 0.2) is 60.8 Å². The summed E-state index contributed by atoms with van der Waals surface area (Å²) in [7, 11) is 0. The molecule has 0 saturated carbocycles. The van der Waals surface area contributed by atoms with Crippen molar-refractivity contribution in [3.63, 3.8) is 0 Å². The SMILES string of the molecule is N#C[C@H](Cc1c[nH]c2ccccc12)C(=O)NCCc1ccccc1. The molecule has 0 aliphatic heterocycles. The van der Waals surface area contributed by atoms with Crippen LogP contribution in [-0.2, 0) is 17.6 Å². The zero-order valence-electron chi connectivity index (χ0n) is 13.3. The number of para-hydroxylation sites is 1. The van der Waals surface area contributed by atoms with Gasteiger partial charge in [0.1, 0.15) is 5.92 Å². The van der Waals surface area contributed by atoms with Crippen LogP contribution in [0.2, 0.25) is 0 Å². The molecule has 4 nitrogen and oxygen atoms in total. The molecule has 0 aliphatic carbocycles. The largest absolute Gasteiger partial charge is 0.361 e. The molecule has 2 N–H and O–H groups in total. The first-order valence-corrected chi connectivity index (χ1v) is 8.04. The fourth-order valence-electron chi connectivity index (χ4n) is 2.82. The van der Waals surface area contributed by atoms with Crippen LogP contribution in [0.5, 0.6) is 0 Å². The molecule has 3 rings (SSSR count). The molecule has 0 aliphatic rings. The van der Waals surface area contributed by atoms with Gasteiger partial charge in [0.15, 0.2) is 0 Å². The van der Waals surface area contributed by atoms with Gasteiger partial charge < -0.3 is 10.3 Å². The Bertz CT molecular complexity index is 861. The van der Waals surface area contributed by atoms with Gasteiger partial charge in [0.2, 0.25) is 5.91 Å². The predicted molar refractivity (Wildman–Crippen MR) is 94.3 cm³/mol. The number of aromatic amines is 1. The van der Waals surface area contributed by atoms with Crippen molar-refractivity contribution in [1.82, 2.24) is 10.3 Å². The number of nitriles is 1. The summed E-state index contributed by atoms with van der Waals surface area (Å²) in [5, 5.41) is 13.3. The highest BCUT2D eigenvalue weighted by atomic mass is 16.1. The maximum Gasteiger partial charge on any atom is 0.237 e. The molecular formula is C20H19N3O. The number of benzene rings is 2. The molecule has 1 amide bonds. The Morgan fingerprint density at radius 3 is 2.67 bits per heavy atom. The van der Waals surface area contributed by atoms with Gasteiger partial charge in [0.25, 0.3) is 0 Å². The quantitative estimate of drug-likeness (QED) is 0.733. The third-order valence-corrected chi connectivity index (χ3v) is 4.13. The molecule has 24 heavy (non-hydrogen) atoms. The smallest absolute Gasteiger partial charge is 0.237 e. The second-order valence-corrected chi connectivity index (χ2v) is 5.77. The fourth-order valence-corrected chi connectivity index (χ4v) is 2.82. The molecule has 1 aromatic heterocycles. The topological polar surface area (TPSA) is 68.7 Å². The van der Waals surface area contributed by atoms with Gasteiger partial charge in [-0.2, -0.15) is 5.26 Å².